The third-order valence-electron chi connectivity index (χ3n) is 4.30. The van der Waals surface area contributed by atoms with Crippen molar-refractivity contribution in [2.45, 2.75) is 32.1 Å². The predicted octanol–water partition coefficient (Wildman–Crippen LogP) is 5.63. The molecule has 0 aromatic heterocycles. The van der Waals surface area contributed by atoms with Crippen LogP contribution in [0.1, 0.15) is 37.8 Å². The molecule has 1 aliphatic rings. The van der Waals surface area contributed by atoms with E-state index >= 15 is 0 Å². The zero-order chi connectivity index (χ0) is 15.4. The highest BCUT2D eigenvalue weighted by molar-refractivity contribution is 5.40. The molecule has 2 aromatic carbocycles. The van der Waals surface area contributed by atoms with Crippen molar-refractivity contribution < 1.29 is 4.74 Å². The minimum atomic E-state index is -0.00731. The molecule has 1 aliphatic carbocycles. The monoisotopic (exact) mass is 290 g/mol. The highest BCUT2D eigenvalue weighted by atomic mass is 16.5. The number of rotatable bonds is 4. The van der Waals surface area contributed by atoms with Gasteiger partial charge in [0.2, 0.25) is 0 Å². The maximum absolute atomic E-state index is 5.94. The molecule has 0 aliphatic heterocycles. The summed E-state index contributed by atoms with van der Waals surface area (Å²) < 4.78 is 5.94. The fourth-order valence-electron chi connectivity index (χ4n) is 2.78. The topological polar surface area (TPSA) is 9.23 Å². The summed E-state index contributed by atoms with van der Waals surface area (Å²) in [7, 11) is 0. The van der Waals surface area contributed by atoms with Crippen molar-refractivity contribution in [2.24, 2.45) is 0 Å². The van der Waals surface area contributed by atoms with E-state index in [4.69, 9.17) is 4.74 Å². The Bertz CT molecular complexity index is 676. The van der Waals surface area contributed by atoms with Gasteiger partial charge in [0, 0.05) is 11.8 Å². The molecule has 0 fully saturated rings. The van der Waals surface area contributed by atoms with Crippen molar-refractivity contribution >= 4 is 0 Å². The molecule has 0 radical (unpaired) electrons. The Morgan fingerprint density at radius 3 is 2.18 bits per heavy atom. The first-order valence-electron chi connectivity index (χ1n) is 7.86. The van der Waals surface area contributed by atoms with Gasteiger partial charge in [-0.3, -0.25) is 0 Å². The SMILES string of the molecule is CC(C)(c1ccccc1)c1ccc(OC2=CC=CCC2)cc1. The Labute approximate surface area is 133 Å². The maximum Gasteiger partial charge on any atom is 0.126 e. The Balaban J connectivity index is 1.79. The van der Waals surface area contributed by atoms with Gasteiger partial charge in [-0.1, -0.05) is 68.5 Å². The molecule has 3 rings (SSSR count). The molecule has 0 heterocycles. The number of allylic oxidation sites excluding steroid dienone is 4. The standard InChI is InChI=1S/C21H22O/c1-21(2,17-9-5-3-6-10-17)18-13-15-20(16-14-18)22-19-11-7-4-8-12-19/h3-7,9-11,13-16H,8,12H2,1-2H3. The van der Waals surface area contributed by atoms with Crippen LogP contribution in [0.2, 0.25) is 0 Å². The first kappa shape index (κ1) is 14.6. The van der Waals surface area contributed by atoms with Crippen molar-refractivity contribution in [1.82, 2.24) is 0 Å². The van der Waals surface area contributed by atoms with E-state index < -0.39 is 0 Å². The number of hydrogen-bond acceptors (Lipinski definition) is 1. The van der Waals surface area contributed by atoms with E-state index in [1.807, 2.05) is 6.08 Å². The highest BCUT2D eigenvalue weighted by Crippen LogP contribution is 2.32. The van der Waals surface area contributed by atoms with E-state index in [0.29, 0.717) is 0 Å². The van der Waals surface area contributed by atoms with Gasteiger partial charge in [-0.25, -0.2) is 0 Å². The van der Waals surface area contributed by atoms with Gasteiger partial charge in [-0.05, 0) is 35.8 Å². The first-order chi connectivity index (χ1) is 10.7. The summed E-state index contributed by atoms with van der Waals surface area (Å²) in [5.74, 6) is 1.95. The van der Waals surface area contributed by atoms with E-state index in [0.717, 1.165) is 24.4 Å². The summed E-state index contributed by atoms with van der Waals surface area (Å²) in [6.07, 6.45) is 8.31. The fraction of sp³-hybridized carbons (Fsp3) is 0.238. The molecule has 0 saturated heterocycles. The third kappa shape index (κ3) is 3.14. The first-order valence-corrected chi connectivity index (χ1v) is 7.86. The molecule has 22 heavy (non-hydrogen) atoms. The second-order valence-electron chi connectivity index (χ2n) is 6.22. The summed E-state index contributed by atoms with van der Waals surface area (Å²) in [6, 6.07) is 19.1. The summed E-state index contributed by atoms with van der Waals surface area (Å²) >= 11 is 0. The summed E-state index contributed by atoms with van der Waals surface area (Å²) in [5, 5.41) is 0. The van der Waals surface area contributed by atoms with E-state index in [9.17, 15) is 0 Å². The minimum absolute atomic E-state index is 0.00731. The smallest absolute Gasteiger partial charge is 0.126 e. The average molecular weight is 290 g/mol. The molecule has 0 N–H and O–H groups in total. The summed E-state index contributed by atoms with van der Waals surface area (Å²) in [5.41, 5.74) is 2.61. The van der Waals surface area contributed by atoms with Crippen molar-refractivity contribution in [1.29, 1.82) is 0 Å². The lowest BCUT2D eigenvalue weighted by Gasteiger charge is -2.26. The van der Waals surface area contributed by atoms with Crippen LogP contribution in [0.5, 0.6) is 5.75 Å². The van der Waals surface area contributed by atoms with E-state index in [1.54, 1.807) is 0 Å². The Morgan fingerprint density at radius 2 is 1.55 bits per heavy atom. The van der Waals surface area contributed by atoms with E-state index in [-0.39, 0.29) is 5.41 Å². The molecule has 112 valence electrons. The fourth-order valence-corrected chi connectivity index (χ4v) is 2.78. The molecule has 1 nitrogen and oxygen atoms in total. The number of ether oxygens (including phenoxy) is 1. The molecule has 0 bridgehead atoms. The summed E-state index contributed by atoms with van der Waals surface area (Å²) in [4.78, 5) is 0. The van der Waals surface area contributed by atoms with Crippen LogP contribution in [0.25, 0.3) is 0 Å². The van der Waals surface area contributed by atoms with Crippen molar-refractivity contribution in [2.75, 3.05) is 0 Å². The quantitative estimate of drug-likeness (QED) is 0.709. The Kier molecular flexibility index (Phi) is 4.15. The molecule has 0 amide bonds. The van der Waals surface area contributed by atoms with Crippen molar-refractivity contribution in [3.05, 3.63) is 89.7 Å². The van der Waals surface area contributed by atoms with Crippen LogP contribution in [-0.4, -0.2) is 0 Å². The average Bonchev–Trinajstić information content (AvgIpc) is 2.57. The second kappa shape index (κ2) is 6.23. The number of hydrogen-bond donors (Lipinski definition) is 0. The van der Waals surface area contributed by atoms with Gasteiger partial charge in [-0.15, -0.1) is 0 Å². The van der Waals surface area contributed by atoms with E-state index in [1.165, 1.54) is 11.1 Å². The van der Waals surface area contributed by atoms with Gasteiger partial charge in [0.25, 0.3) is 0 Å². The predicted molar refractivity (Wildman–Crippen MR) is 92.1 cm³/mol. The minimum Gasteiger partial charge on any atom is -0.462 e. The Morgan fingerprint density at radius 1 is 0.864 bits per heavy atom. The molecule has 0 atom stereocenters. The number of benzene rings is 2. The molecule has 0 saturated carbocycles. The van der Waals surface area contributed by atoms with Crippen LogP contribution >= 0.6 is 0 Å². The van der Waals surface area contributed by atoms with Crippen LogP contribution in [0, 0.1) is 0 Å². The van der Waals surface area contributed by atoms with Crippen LogP contribution < -0.4 is 4.74 Å². The van der Waals surface area contributed by atoms with Gasteiger partial charge in [0.1, 0.15) is 11.5 Å². The van der Waals surface area contributed by atoms with E-state index in [2.05, 4.69) is 80.6 Å². The molecule has 0 unspecified atom stereocenters. The zero-order valence-corrected chi connectivity index (χ0v) is 13.3. The largest absolute Gasteiger partial charge is 0.462 e. The molecule has 1 heteroatoms. The van der Waals surface area contributed by atoms with Crippen LogP contribution in [0.4, 0.5) is 0 Å². The van der Waals surface area contributed by atoms with Crippen LogP contribution in [-0.2, 0) is 5.41 Å². The maximum atomic E-state index is 5.94. The Hall–Kier alpha value is -2.28. The van der Waals surface area contributed by atoms with Gasteiger partial charge < -0.3 is 4.74 Å². The van der Waals surface area contributed by atoms with Crippen molar-refractivity contribution in [3.8, 4) is 5.75 Å². The zero-order valence-electron chi connectivity index (χ0n) is 13.3. The van der Waals surface area contributed by atoms with Crippen LogP contribution in [0.15, 0.2) is 78.6 Å². The molecular weight excluding hydrogens is 268 g/mol. The normalized spacial score (nSPS) is 14.5. The molecule has 0 spiro atoms. The third-order valence-corrected chi connectivity index (χ3v) is 4.30. The van der Waals surface area contributed by atoms with Gasteiger partial charge in [0.15, 0.2) is 0 Å². The molecular formula is C21H22O. The lowest BCUT2D eigenvalue weighted by molar-refractivity contribution is 0.402. The van der Waals surface area contributed by atoms with Gasteiger partial charge >= 0.3 is 0 Å². The lowest BCUT2D eigenvalue weighted by atomic mass is 9.78. The van der Waals surface area contributed by atoms with Crippen molar-refractivity contribution in [3.63, 3.8) is 0 Å². The molecule has 2 aromatic rings. The summed E-state index contributed by atoms with van der Waals surface area (Å²) in [6.45, 7) is 4.51. The van der Waals surface area contributed by atoms with Crippen LogP contribution in [0.3, 0.4) is 0 Å². The second-order valence-corrected chi connectivity index (χ2v) is 6.22. The van der Waals surface area contributed by atoms with Gasteiger partial charge in [0.05, 0.1) is 0 Å². The lowest BCUT2D eigenvalue weighted by Crippen LogP contribution is -2.18. The van der Waals surface area contributed by atoms with Gasteiger partial charge in [-0.2, -0.15) is 0 Å². The highest BCUT2D eigenvalue weighted by Gasteiger charge is 2.22.